The zero-order valence-electron chi connectivity index (χ0n) is 20.5. The molecule has 0 bridgehead atoms. The van der Waals surface area contributed by atoms with Gasteiger partial charge in [0.2, 0.25) is 5.91 Å². The number of aromatic nitrogens is 1. The lowest BCUT2D eigenvalue weighted by Crippen LogP contribution is -2.52. The molecule has 3 heterocycles. The van der Waals surface area contributed by atoms with Crippen LogP contribution in [0.1, 0.15) is 42.7 Å². The average molecular weight is 504 g/mol. The number of hydrogen-bond acceptors (Lipinski definition) is 3. The van der Waals surface area contributed by atoms with Gasteiger partial charge in [0.25, 0.3) is 0 Å². The predicted octanol–water partition coefficient (Wildman–Crippen LogP) is 4.25. The number of benzene rings is 2. The van der Waals surface area contributed by atoms with E-state index in [-0.39, 0.29) is 11.8 Å². The summed E-state index contributed by atoms with van der Waals surface area (Å²) in [5, 5.41) is 12.5. The van der Waals surface area contributed by atoms with Crippen LogP contribution in [0, 0.1) is 5.92 Å². The number of piperidine rings is 2. The Hall–Kier alpha value is -2.95. The first-order valence-electron chi connectivity index (χ1n) is 12.8. The number of likely N-dealkylation sites (tertiary alicyclic amines) is 2. The van der Waals surface area contributed by atoms with Crippen LogP contribution in [0.25, 0.3) is 17.0 Å². The molecule has 2 aliphatic heterocycles. The van der Waals surface area contributed by atoms with Crippen LogP contribution in [0.2, 0.25) is 0 Å². The Morgan fingerprint density at radius 1 is 1.00 bits per heavy atom. The molecule has 2 fully saturated rings. The summed E-state index contributed by atoms with van der Waals surface area (Å²) in [6, 6.07) is 15.9. The fourth-order valence-corrected chi connectivity index (χ4v) is 6.25. The summed E-state index contributed by atoms with van der Waals surface area (Å²) in [5.41, 5.74) is 3.50. The third-order valence-electron chi connectivity index (χ3n) is 7.86. The first kappa shape index (κ1) is 24.7. The zero-order valence-corrected chi connectivity index (χ0v) is 21.6. The summed E-state index contributed by atoms with van der Waals surface area (Å²) in [5.74, 6) is -0.226. The van der Waals surface area contributed by atoms with Crippen molar-refractivity contribution in [1.29, 1.82) is 0 Å². The molecule has 6 nitrogen and oxygen atoms in total. The second kappa shape index (κ2) is 11.0. The highest BCUT2D eigenvalue weighted by molar-refractivity contribution is 7.27. The highest BCUT2D eigenvalue weighted by Gasteiger charge is 2.38. The van der Waals surface area contributed by atoms with Gasteiger partial charge in [0.1, 0.15) is 6.04 Å². The maximum absolute atomic E-state index is 12.7. The van der Waals surface area contributed by atoms with Gasteiger partial charge in [0.05, 0.1) is 0 Å². The van der Waals surface area contributed by atoms with E-state index < -0.39 is 12.0 Å². The Labute approximate surface area is 214 Å². The number of carbonyl (C=O) groups is 2. The number of nitrogens with zero attached hydrogens (tertiary/aromatic N) is 2. The topological polar surface area (TPSA) is 76.6 Å². The first-order chi connectivity index (χ1) is 17.5. The number of carboxylic acid groups (broad SMARTS) is 1. The molecule has 7 heteroatoms. The van der Waals surface area contributed by atoms with Gasteiger partial charge in [-0.05, 0) is 85.2 Å². The third-order valence-corrected chi connectivity index (χ3v) is 8.22. The molecule has 2 atom stereocenters. The van der Waals surface area contributed by atoms with Crippen LogP contribution >= 0.6 is 9.24 Å². The molecule has 1 aromatic heterocycles. The summed E-state index contributed by atoms with van der Waals surface area (Å²) in [6.07, 6.45) is 8.97. The van der Waals surface area contributed by atoms with Gasteiger partial charge in [-0.2, -0.15) is 0 Å². The molecule has 2 unspecified atom stereocenters. The maximum atomic E-state index is 12.7. The first-order valence-corrected chi connectivity index (χ1v) is 13.4. The van der Waals surface area contributed by atoms with Crippen LogP contribution in [-0.4, -0.2) is 64.0 Å². The zero-order chi connectivity index (χ0) is 25.1. The summed E-state index contributed by atoms with van der Waals surface area (Å²) in [7, 11) is 2.66. The largest absolute Gasteiger partial charge is 0.480 e. The van der Waals surface area contributed by atoms with Crippen LogP contribution < -0.4 is 5.30 Å². The number of aliphatic carboxylic acids is 1. The molecule has 2 aromatic carbocycles. The molecule has 5 rings (SSSR count). The summed E-state index contributed by atoms with van der Waals surface area (Å²) in [6.45, 7) is 2.79. The molecule has 1 amide bonds. The molecule has 0 saturated carbocycles. The van der Waals surface area contributed by atoms with Crippen molar-refractivity contribution in [1.82, 2.24) is 14.8 Å². The number of carboxylic acids is 1. The molecule has 2 N–H and O–H groups in total. The van der Waals surface area contributed by atoms with E-state index in [1.807, 2.05) is 41.3 Å². The molecular weight excluding hydrogens is 469 g/mol. The highest BCUT2D eigenvalue weighted by Crippen LogP contribution is 2.35. The van der Waals surface area contributed by atoms with Crippen LogP contribution in [0.15, 0.2) is 60.8 Å². The van der Waals surface area contributed by atoms with E-state index in [1.165, 1.54) is 10.9 Å². The van der Waals surface area contributed by atoms with E-state index in [2.05, 4.69) is 43.5 Å². The molecule has 3 aromatic rings. The SMILES string of the molecule is O=C(O)C(C1CCN(C(=O)/C=C/c2cccc(P)c2)CC1)N1CCC(c2c[nH]c3ccccc23)CC1. The van der Waals surface area contributed by atoms with Crippen molar-refractivity contribution >= 4 is 43.4 Å². The van der Waals surface area contributed by atoms with E-state index in [9.17, 15) is 14.7 Å². The molecule has 0 spiro atoms. The fraction of sp³-hybridized carbons (Fsp3) is 0.379. The van der Waals surface area contributed by atoms with Gasteiger partial charge in [-0.15, -0.1) is 9.24 Å². The Morgan fingerprint density at radius 3 is 2.47 bits per heavy atom. The van der Waals surface area contributed by atoms with E-state index >= 15 is 0 Å². The second-order valence-electron chi connectivity index (χ2n) is 10.0. The van der Waals surface area contributed by atoms with Crippen molar-refractivity contribution in [3.05, 3.63) is 71.9 Å². The van der Waals surface area contributed by atoms with Gasteiger partial charge in [-0.3, -0.25) is 14.5 Å². The molecule has 0 aliphatic carbocycles. The second-order valence-corrected chi connectivity index (χ2v) is 10.7. The third kappa shape index (κ3) is 5.40. The standard InChI is InChI=1S/C29H34N3O3P/c33-27(9-8-20-4-3-5-23(36)18-20)31-14-12-22(13-15-31)28(29(34)35)32-16-10-21(11-17-32)25-19-30-26-7-2-1-6-24(25)26/h1-9,18-19,21-22,28,30H,10-17,36H2,(H,34,35)/b9-8+. The Bertz CT molecular complexity index is 1250. The molecular formula is C29H34N3O3P. The van der Waals surface area contributed by atoms with Crippen molar-refractivity contribution < 1.29 is 14.7 Å². The number of hydrogen-bond donors (Lipinski definition) is 2. The number of fused-ring (bicyclic) bond motifs is 1. The summed E-state index contributed by atoms with van der Waals surface area (Å²) >= 11 is 0. The minimum absolute atomic E-state index is 0.00553. The van der Waals surface area contributed by atoms with Crippen molar-refractivity contribution in [2.45, 2.75) is 37.6 Å². The Balaban J connectivity index is 1.17. The van der Waals surface area contributed by atoms with Gasteiger partial charge in [-0.1, -0.05) is 36.4 Å². The van der Waals surface area contributed by atoms with Crippen LogP contribution in [-0.2, 0) is 9.59 Å². The van der Waals surface area contributed by atoms with Gasteiger partial charge in [-0.25, -0.2) is 0 Å². The molecule has 36 heavy (non-hydrogen) atoms. The van der Waals surface area contributed by atoms with Gasteiger partial charge >= 0.3 is 5.97 Å². The number of para-hydroxylation sites is 1. The van der Waals surface area contributed by atoms with E-state index in [4.69, 9.17) is 0 Å². The number of carbonyl (C=O) groups excluding carboxylic acids is 1. The van der Waals surface area contributed by atoms with E-state index in [1.54, 1.807) is 6.08 Å². The normalized spacial score (nSPS) is 19.2. The number of nitrogens with one attached hydrogen (secondary N) is 1. The number of rotatable bonds is 6. The highest BCUT2D eigenvalue weighted by atomic mass is 31.0. The maximum Gasteiger partial charge on any atom is 0.321 e. The minimum atomic E-state index is -0.734. The summed E-state index contributed by atoms with van der Waals surface area (Å²) in [4.78, 5) is 32.5. The van der Waals surface area contributed by atoms with Crippen LogP contribution in [0.4, 0.5) is 0 Å². The number of amides is 1. The molecule has 188 valence electrons. The lowest BCUT2D eigenvalue weighted by molar-refractivity contribution is -0.147. The quantitative estimate of drug-likeness (QED) is 0.390. The van der Waals surface area contributed by atoms with E-state index in [0.717, 1.165) is 55.2 Å². The lowest BCUT2D eigenvalue weighted by Gasteiger charge is -2.41. The van der Waals surface area contributed by atoms with Crippen molar-refractivity contribution in [2.24, 2.45) is 5.92 Å². The van der Waals surface area contributed by atoms with Gasteiger partial charge in [0, 0.05) is 36.3 Å². The molecule has 2 saturated heterocycles. The van der Waals surface area contributed by atoms with Crippen LogP contribution in [0.5, 0.6) is 0 Å². The van der Waals surface area contributed by atoms with E-state index in [0.29, 0.717) is 19.0 Å². The fourth-order valence-electron chi connectivity index (χ4n) is 5.95. The van der Waals surface area contributed by atoms with Crippen LogP contribution in [0.3, 0.4) is 0 Å². The lowest BCUT2D eigenvalue weighted by atomic mass is 9.84. The van der Waals surface area contributed by atoms with Gasteiger partial charge < -0.3 is 15.0 Å². The smallest absolute Gasteiger partial charge is 0.321 e. The number of H-pyrrole nitrogens is 1. The van der Waals surface area contributed by atoms with Crippen molar-refractivity contribution in [3.8, 4) is 0 Å². The monoisotopic (exact) mass is 503 g/mol. The summed E-state index contributed by atoms with van der Waals surface area (Å²) < 4.78 is 0. The number of aromatic amines is 1. The predicted molar refractivity (Wildman–Crippen MR) is 147 cm³/mol. The minimum Gasteiger partial charge on any atom is -0.480 e. The molecule has 2 aliphatic rings. The Kier molecular flexibility index (Phi) is 7.54. The van der Waals surface area contributed by atoms with Gasteiger partial charge in [0.15, 0.2) is 0 Å². The van der Waals surface area contributed by atoms with Crippen molar-refractivity contribution in [2.75, 3.05) is 26.2 Å². The molecule has 0 radical (unpaired) electrons. The Morgan fingerprint density at radius 2 is 1.75 bits per heavy atom. The van der Waals surface area contributed by atoms with Crippen molar-refractivity contribution in [3.63, 3.8) is 0 Å². The average Bonchev–Trinajstić information content (AvgIpc) is 3.32.